The minimum Gasteiger partial charge on any atom is -0.497 e. The van der Waals surface area contributed by atoms with E-state index in [1.165, 1.54) is 0 Å². The van der Waals surface area contributed by atoms with Gasteiger partial charge in [0.05, 0.1) is 33.5 Å². The van der Waals surface area contributed by atoms with Gasteiger partial charge in [-0.25, -0.2) is 0 Å². The summed E-state index contributed by atoms with van der Waals surface area (Å²) >= 11 is 0. The zero-order valence-corrected chi connectivity index (χ0v) is 9.32. The molecule has 1 fully saturated rings. The van der Waals surface area contributed by atoms with Crippen LogP contribution in [0, 0.1) is 11.3 Å². The summed E-state index contributed by atoms with van der Waals surface area (Å²) in [6.07, 6.45) is 0. The first-order chi connectivity index (χ1) is 7.74. The van der Waals surface area contributed by atoms with E-state index in [0.29, 0.717) is 24.7 Å². The minimum atomic E-state index is -0.540. The Labute approximate surface area is 94.3 Å². The third-order valence-corrected chi connectivity index (χ3v) is 2.81. The van der Waals surface area contributed by atoms with Crippen molar-refractivity contribution >= 4 is 0 Å². The van der Waals surface area contributed by atoms with Gasteiger partial charge in [0.25, 0.3) is 0 Å². The maximum Gasteiger partial charge on any atom is 0.129 e. The van der Waals surface area contributed by atoms with Crippen LogP contribution in [-0.4, -0.2) is 27.4 Å². The quantitative estimate of drug-likeness (QED) is 0.773. The summed E-state index contributed by atoms with van der Waals surface area (Å²) < 4.78 is 15.5. The summed E-state index contributed by atoms with van der Waals surface area (Å²) in [5.74, 6) is 1.38. The fraction of sp³-hybridized carbons (Fsp3) is 0.417. The van der Waals surface area contributed by atoms with E-state index in [9.17, 15) is 5.26 Å². The maximum atomic E-state index is 9.21. The molecular formula is C12H13NO3. The Bertz CT molecular complexity index is 410. The van der Waals surface area contributed by atoms with Crippen LogP contribution in [0.4, 0.5) is 0 Å². The van der Waals surface area contributed by atoms with Crippen LogP contribution in [0.15, 0.2) is 18.2 Å². The van der Waals surface area contributed by atoms with E-state index in [2.05, 4.69) is 6.07 Å². The summed E-state index contributed by atoms with van der Waals surface area (Å²) in [6, 6.07) is 7.79. The van der Waals surface area contributed by atoms with Crippen LogP contribution >= 0.6 is 0 Å². The van der Waals surface area contributed by atoms with Gasteiger partial charge < -0.3 is 14.2 Å². The molecule has 4 nitrogen and oxygen atoms in total. The number of benzene rings is 1. The monoisotopic (exact) mass is 219 g/mol. The Morgan fingerprint density at radius 3 is 2.06 bits per heavy atom. The lowest BCUT2D eigenvalue weighted by Crippen LogP contribution is -2.45. The summed E-state index contributed by atoms with van der Waals surface area (Å²) in [6.45, 7) is 0.861. The van der Waals surface area contributed by atoms with Crippen molar-refractivity contribution < 1.29 is 14.2 Å². The zero-order chi connectivity index (χ0) is 11.6. The van der Waals surface area contributed by atoms with E-state index < -0.39 is 5.41 Å². The molecule has 1 heterocycles. The lowest BCUT2D eigenvalue weighted by molar-refractivity contribution is -0.0299. The third kappa shape index (κ3) is 1.59. The Hall–Kier alpha value is -1.73. The molecule has 0 N–H and O–H groups in total. The van der Waals surface area contributed by atoms with Crippen molar-refractivity contribution in [1.29, 1.82) is 5.26 Å². The Morgan fingerprint density at radius 2 is 1.75 bits per heavy atom. The van der Waals surface area contributed by atoms with Crippen molar-refractivity contribution in [2.24, 2.45) is 0 Å². The molecule has 0 atom stereocenters. The molecule has 0 amide bonds. The van der Waals surface area contributed by atoms with Crippen molar-refractivity contribution in [1.82, 2.24) is 0 Å². The molecule has 1 aromatic carbocycles. The molecular weight excluding hydrogens is 206 g/mol. The number of hydrogen-bond donors (Lipinski definition) is 0. The van der Waals surface area contributed by atoms with Crippen molar-refractivity contribution in [3.8, 4) is 17.6 Å². The zero-order valence-electron chi connectivity index (χ0n) is 9.32. The topological polar surface area (TPSA) is 51.5 Å². The van der Waals surface area contributed by atoms with Crippen LogP contribution in [0.5, 0.6) is 11.5 Å². The lowest BCUT2D eigenvalue weighted by atomic mass is 9.80. The molecule has 2 rings (SSSR count). The van der Waals surface area contributed by atoms with Crippen LogP contribution in [-0.2, 0) is 10.2 Å². The van der Waals surface area contributed by atoms with Crippen LogP contribution in [0.2, 0.25) is 0 Å². The molecule has 0 radical (unpaired) electrons. The van der Waals surface area contributed by atoms with Crippen molar-refractivity contribution in [2.45, 2.75) is 5.41 Å². The van der Waals surface area contributed by atoms with E-state index in [4.69, 9.17) is 14.2 Å². The molecule has 0 aromatic heterocycles. The first kappa shape index (κ1) is 10.8. The molecule has 0 unspecified atom stereocenters. The predicted molar refractivity (Wildman–Crippen MR) is 57.7 cm³/mol. The van der Waals surface area contributed by atoms with Gasteiger partial charge in [-0.2, -0.15) is 5.26 Å². The van der Waals surface area contributed by atoms with Gasteiger partial charge >= 0.3 is 0 Å². The van der Waals surface area contributed by atoms with Crippen LogP contribution in [0.1, 0.15) is 5.56 Å². The molecule has 1 saturated heterocycles. The molecule has 16 heavy (non-hydrogen) atoms. The molecule has 0 saturated carbocycles. The first-order valence-electron chi connectivity index (χ1n) is 4.96. The number of nitrogens with zero attached hydrogens (tertiary/aromatic N) is 1. The Morgan fingerprint density at radius 1 is 1.19 bits per heavy atom. The molecule has 1 aromatic rings. The van der Waals surface area contributed by atoms with Crippen LogP contribution in [0.25, 0.3) is 0 Å². The van der Waals surface area contributed by atoms with Gasteiger partial charge in [-0.05, 0) is 17.7 Å². The van der Waals surface area contributed by atoms with E-state index in [-0.39, 0.29) is 0 Å². The lowest BCUT2D eigenvalue weighted by Gasteiger charge is -2.35. The Balaban J connectivity index is 2.44. The molecule has 0 aliphatic carbocycles. The van der Waals surface area contributed by atoms with Crippen molar-refractivity contribution in [2.75, 3.05) is 27.4 Å². The number of methoxy groups -OCH3 is 2. The van der Waals surface area contributed by atoms with Gasteiger partial charge in [-0.1, -0.05) is 0 Å². The largest absolute Gasteiger partial charge is 0.497 e. The average molecular weight is 219 g/mol. The SMILES string of the molecule is COc1cc(OC)cc(C2(C#N)COC2)c1. The number of rotatable bonds is 3. The summed E-state index contributed by atoms with van der Waals surface area (Å²) in [4.78, 5) is 0. The van der Waals surface area contributed by atoms with Crippen molar-refractivity contribution in [3.63, 3.8) is 0 Å². The summed E-state index contributed by atoms with van der Waals surface area (Å²) in [7, 11) is 3.18. The smallest absolute Gasteiger partial charge is 0.129 e. The fourth-order valence-electron chi connectivity index (χ4n) is 1.69. The maximum absolute atomic E-state index is 9.21. The summed E-state index contributed by atoms with van der Waals surface area (Å²) in [5.41, 5.74) is 0.347. The second-order valence-corrected chi connectivity index (χ2v) is 3.79. The van der Waals surface area contributed by atoms with Gasteiger partial charge in [-0.15, -0.1) is 0 Å². The number of ether oxygens (including phenoxy) is 3. The molecule has 0 spiro atoms. The molecule has 0 bridgehead atoms. The fourth-order valence-corrected chi connectivity index (χ4v) is 1.69. The standard InChI is InChI=1S/C12H13NO3/c1-14-10-3-9(4-11(5-10)15-2)12(6-13)7-16-8-12/h3-5H,7-8H2,1-2H3. The van der Waals surface area contributed by atoms with Crippen molar-refractivity contribution in [3.05, 3.63) is 23.8 Å². The minimum absolute atomic E-state index is 0.430. The average Bonchev–Trinajstić information content (AvgIpc) is 2.28. The molecule has 4 heteroatoms. The van der Waals surface area contributed by atoms with E-state index in [1.54, 1.807) is 20.3 Å². The van der Waals surface area contributed by atoms with Gasteiger partial charge in [0, 0.05) is 6.07 Å². The highest BCUT2D eigenvalue weighted by molar-refractivity contribution is 5.45. The number of nitriles is 1. The highest BCUT2D eigenvalue weighted by atomic mass is 16.5. The molecule has 84 valence electrons. The molecule has 1 aliphatic heterocycles. The highest BCUT2D eigenvalue weighted by Crippen LogP contribution is 2.36. The first-order valence-corrected chi connectivity index (χ1v) is 4.96. The van der Waals surface area contributed by atoms with Gasteiger partial charge in [0.1, 0.15) is 16.9 Å². The number of hydrogen-bond acceptors (Lipinski definition) is 4. The normalized spacial score (nSPS) is 17.1. The Kier molecular flexibility index (Phi) is 2.71. The second kappa shape index (κ2) is 4.03. The summed E-state index contributed by atoms with van der Waals surface area (Å²) in [5, 5.41) is 9.21. The van der Waals surface area contributed by atoms with E-state index >= 15 is 0 Å². The molecule has 1 aliphatic rings. The van der Waals surface area contributed by atoms with Gasteiger partial charge in [0.2, 0.25) is 0 Å². The van der Waals surface area contributed by atoms with E-state index in [1.807, 2.05) is 12.1 Å². The van der Waals surface area contributed by atoms with E-state index in [0.717, 1.165) is 5.56 Å². The van der Waals surface area contributed by atoms with Gasteiger partial charge in [0.15, 0.2) is 0 Å². The third-order valence-electron chi connectivity index (χ3n) is 2.81. The van der Waals surface area contributed by atoms with Crippen LogP contribution in [0.3, 0.4) is 0 Å². The van der Waals surface area contributed by atoms with Crippen LogP contribution < -0.4 is 9.47 Å². The van der Waals surface area contributed by atoms with Gasteiger partial charge in [-0.3, -0.25) is 0 Å². The highest BCUT2D eigenvalue weighted by Gasteiger charge is 2.41. The second-order valence-electron chi connectivity index (χ2n) is 3.79. The predicted octanol–water partition coefficient (Wildman–Crippen LogP) is 1.50.